The van der Waals surface area contributed by atoms with Crippen LogP contribution in [0, 0.1) is 5.41 Å². The molecule has 0 aliphatic heterocycles. The smallest absolute Gasteiger partial charge is 0.335 e. The van der Waals surface area contributed by atoms with E-state index < -0.39 is 5.97 Å². The van der Waals surface area contributed by atoms with Gasteiger partial charge < -0.3 is 5.11 Å². The molecule has 16 heavy (non-hydrogen) atoms. The molecule has 1 aromatic rings. The van der Waals surface area contributed by atoms with Crippen molar-refractivity contribution in [1.82, 2.24) is 0 Å². The Balaban J connectivity index is 3.18. The van der Waals surface area contributed by atoms with Crippen molar-refractivity contribution in [2.45, 2.75) is 27.2 Å². The molecule has 0 saturated heterocycles. The topological polar surface area (TPSA) is 37.3 Å². The Bertz CT molecular complexity index is 397. The third-order valence-corrected chi connectivity index (χ3v) is 2.77. The van der Waals surface area contributed by atoms with Crippen molar-refractivity contribution >= 4 is 29.2 Å². The van der Waals surface area contributed by atoms with Gasteiger partial charge in [0.2, 0.25) is 0 Å². The van der Waals surface area contributed by atoms with Crippen LogP contribution in [0.15, 0.2) is 12.1 Å². The molecule has 0 radical (unpaired) electrons. The number of rotatable bonds is 2. The van der Waals surface area contributed by atoms with E-state index in [1.54, 1.807) is 0 Å². The van der Waals surface area contributed by atoms with Crippen molar-refractivity contribution < 1.29 is 9.90 Å². The van der Waals surface area contributed by atoms with Gasteiger partial charge in [-0.1, -0.05) is 44.0 Å². The summed E-state index contributed by atoms with van der Waals surface area (Å²) < 4.78 is 0. The van der Waals surface area contributed by atoms with Crippen LogP contribution in [0.2, 0.25) is 10.0 Å². The monoisotopic (exact) mass is 260 g/mol. The normalized spacial score (nSPS) is 11.6. The first kappa shape index (κ1) is 13.3. The van der Waals surface area contributed by atoms with Crippen molar-refractivity contribution in [1.29, 1.82) is 0 Å². The van der Waals surface area contributed by atoms with Crippen LogP contribution >= 0.6 is 23.2 Å². The van der Waals surface area contributed by atoms with E-state index in [9.17, 15) is 4.79 Å². The highest BCUT2D eigenvalue weighted by atomic mass is 35.5. The van der Waals surface area contributed by atoms with Crippen LogP contribution in [0.3, 0.4) is 0 Å². The second kappa shape index (κ2) is 4.64. The van der Waals surface area contributed by atoms with Crippen molar-refractivity contribution in [3.05, 3.63) is 33.3 Å². The third kappa shape index (κ3) is 3.39. The molecule has 0 aliphatic carbocycles. The van der Waals surface area contributed by atoms with E-state index in [0.717, 1.165) is 5.56 Å². The van der Waals surface area contributed by atoms with Gasteiger partial charge in [0, 0.05) is 10.0 Å². The van der Waals surface area contributed by atoms with Gasteiger partial charge >= 0.3 is 5.97 Å². The lowest BCUT2D eigenvalue weighted by molar-refractivity contribution is 0.0697. The van der Waals surface area contributed by atoms with Gasteiger partial charge in [0.05, 0.1) is 5.56 Å². The predicted octanol–water partition coefficient (Wildman–Crippen LogP) is 4.28. The summed E-state index contributed by atoms with van der Waals surface area (Å²) in [6, 6.07) is 2.88. The van der Waals surface area contributed by atoms with Crippen molar-refractivity contribution in [3.63, 3.8) is 0 Å². The van der Waals surface area contributed by atoms with Crippen LogP contribution in [-0.2, 0) is 6.42 Å². The number of hydrogen-bond donors (Lipinski definition) is 1. The number of carboxylic acid groups (broad SMARTS) is 1. The van der Waals surface area contributed by atoms with E-state index in [0.29, 0.717) is 16.5 Å². The highest BCUT2D eigenvalue weighted by Crippen LogP contribution is 2.32. The van der Waals surface area contributed by atoms with E-state index in [4.69, 9.17) is 28.3 Å². The molecular weight excluding hydrogens is 247 g/mol. The lowest BCUT2D eigenvalue weighted by atomic mass is 9.88. The number of aromatic carboxylic acids is 1. The van der Waals surface area contributed by atoms with Gasteiger partial charge in [0.15, 0.2) is 0 Å². The number of hydrogen-bond acceptors (Lipinski definition) is 1. The van der Waals surface area contributed by atoms with Gasteiger partial charge in [0.1, 0.15) is 0 Å². The number of carbonyl (C=O) groups is 1. The maximum Gasteiger partial charge on any atom is 0.335 e. The second-order valence-electron chi connectivity index (χ2n) is 4.96. The molecule has 0 bridgehead atoms. The first-order valence-corrected chi connectivity index (χ1v) is 5.67. The first-order chi connectivity index (χ1) is 7.20. The summed E-state index contributed by atoms with van der Waals surface area (Å²) in [6.45, 7) is 6.22. The molecule has 2 nitrogen and oxygen atoms in total. The Labute approximate surface area is 105 Å². The van der Waals surface area contributed by atoms with Crippen LogP contribution in [-0.4, -0.2) is 11.1 Å². The van der Waals surface area contributed by atoms with Gasteiger partial charge in [0.25, 0.3) is 0 Å². The quantitative estimate of drug-likeness (QED) is 0.862. The van der Waals surface area contributed by atoms with Crippen molar-refractivity contribution in [3.8, 4) is 0 Å². The molecule has 1 rings (SSSR count). The molecule has 0 fully saturated rings. The largest absolute Gasteiger partial charge is 0.478 e. The van der Waals surface area contributed by atoms with Gasteiger partial charge in [-0.3, -0.25) is 0 Å². The average Bonchev–Trinajstić information content (AvgIpc) is 2.09. The minimum absolute atomic E-state index is 0.0536. The summed E-state index contributed by atoms with van der Waals surface area (Å²) in [6.07, 6.45) is 0.713. The Morgan fingerprint density at radius 1 is 1.25 bits per heavy atom. The Morgan fingerprint density at radius 3 is 2.00 bits per heavy atom. The molecule has 4 heteroatoms. The average molecular weight is 261 g/mol. The van der Waals surface area contributed by atoms with E-state index in [-0.39, 0.29) is 11.0 Å². The third-order valence-electron chi connectivity index (χ3n) is 2.10. The molecule has 0 heterocycles. The number of carboxylic acids is 1. The summed E-state index contributed by atoms with van der Waals surface area (Å²) in [5.41, 5.74) is 0.978. The van der Waals surface area contributed by atoms with Gasteiger partial charge in [-0.15, -0.1) is 0 Å². The zero-order valence-electron chi connectivity index (χ0n) is 9.47. The standard InChI is InChI=1S/C12H14Cl2O2/c1-12(2,3)6-8-9(13)4-7(11(15)16)5-10(8)14/h4-5H,6H2,1-3H3,(H,15,16). The summed E-state index contributed by atoms with van der Waals surface area (Å²) in [5, 5.41) is 9.67. The Hall–Kier alpha value is -0.730. The van der Waals surface area contributed by atoms with Crippen LogP contribution in [0.4, 0.5) is 0 Å². The number of benzene rings is 1. The molecule has 0 atom stereocenters. The molecule has 88 valence electrons. The van der Waals surface area contributed by atoms with E-state index >= 15 is 0 Å². The van der Waals surface area contributed by atoms with Gasteiger partial charge in [-0.2, -0.15) is 0 Å². The summed E-state index contributed by atoms with van der Waals surface area (Å²) >= 11 is 12.1. The summed E-state index contributed by atoms with van der Waals surface area (Å²) in [7, 11) is 0. The molecule has 0 aliphatic rings. The Kier molecular flexibility index (Phi) is 3.87. The van der Waals surface area contributed by atoms with Crippen LogP contribution in [0.25, 0.3) is 0 Å². The van der Waals surface area contributed by atoms with Crippen LogP contribution in [0.5, 0.6) is 0 Å². The SMILES string of the molecule is CC(C)(C)Cc1c(Cl)cc(C(=O)O)cc1Cl. The predicted molar refractivity (Wildman–Crippen MR) is 66.6 cm³/mol. The molecule has 0 aromatic heterocycles. The zero-order chi connectivity index (χ0) is 12.5. The lowest BCUT2D eigenvalue weighted by Gasteiger charge is -2.20. The fourth-order valence-electron chi connectivity index (χ4n) is 1.43. The molecule has 0 saturated carbocycles. The summed E-state index contributed by atoms with van der Waals surface area (Å²) in [4.78, 5) is 10.8. The van der Waals surface area contributed by atoms with E-state index in [1.807, 2.05) is 0 Å². The van der Waals surface area contributed by atoms with Crippen molar-refractivity contribution in [2.24, 2.45) is 5.41 Å². The number of halogens is 2. The maximum absolute atomic E-state index is 10.8. The zero-order valence-corrected chi connectivity index (χ0v) is 11.0. The molecule has 1 aromatic carbocycles. The lowest BCUT2D eigenvalue weighted by Crippen LogP contribution is -2.10. The maximum atomic E-state index is 10.8. The molecule has 0 spiro atoms. The highest BCUT2D eigenvalue weighted by Gasteiger charge is 2.18. The molecule has 1 N–H and O–H groups in total. The fourth-order valence-corrected chi connectivity index (χ4v) is 2.05. The molecular formula is C12H14Cl2O2. The van der Waals surface area contributed by atoms with Crippen molar-refractivity contribution in [2.75, 3.05) is 0 Å². The van der Waals surface area contributed by atoms with Gasteiger partial charge in [-0.25, -0.2) is 4.79 Å². The fraction of sp³-hybridized carbons (Fsp3) is 0.417. The minimum atomic E-state index is -1.02. The van der Waals surface area contributed by atoms with E-state index in [1.165, 1.54) is 12.1 Å². The van der Waals surface area contributed by atoms with E-state index in [2.05, 4.69) is 20.8 Å². The van der Waals surface area contributed by atoms with Crippen LogP contribution < -0.4 is 0 Å². The minimum Gasteiger partial charge on any atom is -0.478 e. The molecule has 0 amide bonds. The highest BCUT2D eigenvalue weighted by molar-refractivity contribution is 6.36. The molecule has 0 unspecified atom stereocenters. The summed E-state index contributed by atoms with van der Waals surface area (Å²) in [5.74, 6) is -1.02. The second-order valence-corrected chi connectivity index (χ2v) is 5.78. The van der Waals surface area contributed by atoms with Crippen LogP contribution in [0.1, 0.15) is 36.7 Å². The van der Waals surface area contributed by atoms with Gasteiger partial charge in [-0.05, 0) is 29.5 Å². The Morgan fingerprint density at radius 2 is 1.69 bits per heavy atom. The first-order valence-electron chi connectivity index (χ1n) is 4.92.